The van der Waals surface area contributed by atoms with Crippen LogP contribution in [0.2, 0.25) is 0 Å². The zero-order valence-electron chi connectivity index (χ0n) is 9.94. The molecule has 0 saturated heterocycles. The molecule has 0 aliphatic heterocycles. The van der Waals surface area contributed by atoms with Crippen LogP contribution in [0, 0.1) is 13.8 Å². The number of hydrogen-bond acceptors (Lipinski definition) is 5. The molecule has 17 heavy (non-hydrogen) atoms. The SMILES string of the molecule is COc1c(O)cc(-c2cc(N)on2)c(C)c1C. The number of methoxy groups -OCH3 is 1. The maximum atomic E-state index is 9.85. The lowest BCUT2D eigenvalue weighted by atomic mass is 9.99. The van der Waals surface area contributed by atoms with Gasteiger partial charge in [0, 0.05) is 11.6 Å². The zero-order valence-corrected chi connectivity index (χ0v) is 9.94. The monoisotopic (exact) mass is 234 g/mol. The molecule has 0 unspecified atom stereocenters. The van der Waals surface area contributed by atoms with Crippen LogP contribution in [0.15, 0.2) is 16.7 Å². The molecule has 0 aliphatic carbocycles. The van der Waals surface area contributed by atoms with E-state index >= 15 is 0 Å². The van der Waals surface area contributed by atoms with Crippen LogP contribution in [-0.2, 0) is 0 Å². The van der Waals surface area contributed by atoms with Crippen molar-refractivity contribution in [1.29, 1.82) is 0 Å². The maximum absolute atomic E-state index is 9.85. The van der Waals surface area contributed by atoms with Crippen molar-refractivity contribution in [3.8, 4) is 22.8 Å². The zero-order chi connectivity index (χ0) is 12.6. The third-order valence-electron chi connectivity index (χ3n) is 2.83. The number of nitrogens with two attached hydrogens (primary N) is 1. The third-order valence-corrected chi connectivity index (χ3v) is 2.83. The van der Waals surface area contributed by atoms with Crippen LogP contribution in [0.4, 0.5) is 5.88 Å². The van der Waals surface area contributed by atoms with Gasteiger partial charge in [-0.05, 0) is 31.0 Å². The summed E-state index contributed by atoms with van der Waals surface area (Å²) >= 11 is 0. The van der Waals surface area contributed by atoms with Crippen LogP contribution in [0.25, 0.3) is 11.3 Å². The largest absolute Gasteiger partial charge is 0.504 e. The number of rotatable bonds is 2. The molecule has 0 bridgehead atoms. The minimum atomic E-state index is 0.0761. The predicted octanol–water partition coefficient (Wildman–Crippen LogP) is 2.25. The highest BCUT2D eigenvalue weighted by atomic mass is 16.5. The molecule has 0 aliphatic rings. The van der Waals surface area contributed by atoms with Gasteiger partial charge < -0.3 is 20.1 Å². The molecule has 0 spiro atoms. The van der Waals surface area contributed by atoms with Gasteiger partial charge in [-0.15, -0.1) is 0 Å². The van der Waals surface area contributed by atoms with Gasteiger partial charge in [0.05, 0.1) is 7.11 Å². The van der Waals surface area contributed by atoms with Gasteiger partial charge >= 0.3 is 0 Å². The molecule has 2 rings (SSSR count). The Bertz CT molecular complexity index is 561. The summed E-state index contributed by atoms with van der Waals surface area (Å²) < 4.78 is 9.96. The van der Waals surface area contributed by atoms with Crippen molar-refractivity contribution in [2.24, 2.45) is 0 Å². The number of phenolic OH excluding ortho intramolecular Hbond substituents is 1. The molecule has 1 heterocycles. The van der Waals surface area contributed by atoms with E-state index in [1.807, 2.05) is 13.8 Å². The number of nitrogens with zero attached hydrogens (tertiary/aromatic N) is 1. The normalized spacial score (nSPS) is 10.5. The van der Waals surface area contributed by atoms with Gasteiger partial charge in [-0.25, -0.2) is 0 Å². The van der Waals surface area contributed by atoms with Crippen LogP contribution in [0.3, 0.4) is 0 Å². The fourth-order valence-electron chi connectivity index (χ4n) is 1.81. The van der Waals surface area contributed by atoms with Crippen LogP contribution < -0.4 is 10.5 Å². The van der Waals surface area contributed by atoms with Gasteiger partial charge in [0.15, 0.2) is 11.5 Å². The van der Waals surface area contributed by atoms with Crippen molar-refractivity contribution in [1.82, 2.24) is 5.16 Å². The van der Waals surface area contributed by atoms with Gasteiger partial charge in [0.1, 0.15) is 5.69 Å². The number of aromatic hydroxyl groups is 1. The summed E-state index contributed by atoms with van der Waals surface area (Å²) in [5.74, 6) is 0.794. The minimum Gasteiger partial charge on any atom is -0.504 e. The lowest BCUT2D eigenvalue weighted by Gasteiger charge is -2.12. The molecular weight excluding hydrogens is 220 g/mol. The second kappa shape index (κ2) is 4.01. The molecule has 0 radical (unpaired) electrons. The lowest BCUT2D eigenvalue weighted by Crippen LogP contribution is -1.94. The van der Waals surface area contributed by atoms with Gasteiger partial charge in [0.2, 0.25) is 5.88 Å². The predicted molar refractivity (Wildman–Crippen MR) is 64.0 cm³/mol. The Kier molecular flexibility index (Phi) is 2.67. The molecule has 0 amide bonds. The number of phenols is 1. The van der Waals surface area contributed by atoms with Crippen molar-refractivity contribution in [3.05, 3.63) is 23.3 Å². The Labute approximate surface area is 98.8 Å². The fraction of sp³-hybridized carbons (Fsp3) is 0.250. The van der Waals surface area contributed by atoms with E-state index in [0.29, 0.717) is 11.4 Å². The first-order chi connectivity index (χ1) is 8.04. The number of hydrogen-bond donors (Lipinski definition) is 2. The van der Waals surface area contributed by atoms with Crippen molar-refractivity contribution >= 4 is 5.88 Å². The standard InChI is InChI=1S/C12H14N2O3/c1-6-7(2)12(16-3)10(15)4-8(6)9-5-11(13)17-14-9/h4-5,15H,13H2,1-3H3. The molecule has 90 valence electrons. The first kappa shape index (κ1) is 11.3. The smallest absolute Gasteiger partial charge is 0.222 e. The number of anilines is 1. The van der Waals surface area contributed by atoms with Crippen LogP contribution in [0.1, 0.15) is 11.1 Å². The highest BCUT2D eigenvalue weighted by molar-refractivity contribution is 5.71. The number of ether oxygens (including phenoxy) is 1. The molecule has 2 aromatic rings. The second-order valence-electron chi connectivity index (χ2n) is 3.84. The fourth-order valence-corrected chi connectivity index (χ4v) is 1.81. The first-order valence-corrected chi connectivity index (χ1v) is 5.14. The molecule has 1 aromatic heterocycles. The summed E-state index contributed by atoms with van der Waals surface area (Å²) in [7, 11) is 1.52. The molecule has 0 atom stereocenters. The molecule has 1 aromatic carbocycles. The molecule has 0 saturated carbocycles. The van der Waals surface area contributed by atoms with E-state index in [1.54, 1.807) is 12.1 Å². The van der Waals surface area contributed by atoms with Crippen molar-refractivity contribution in [3.63, 3.8) is 0 Å². The second-order valence-corrected chi connectivity index (χ2v) is 3.84. The first-order valence-electron chi connectivity index (χ1n) is 5.14. The molecule has 5 nitrogen and oxygen atoms in total. The molecule has 3 N–H and O–H groups in total. The topological polar surface area (TPSA) is 81.5 Å². The van der Waals surface area contributed by atoms with Gasteiger partial charge in [-0.2, -0.15) is 0 Å². The maximum Gasteiger partial charge on any atom is 0.222 e. The van der Waals surface area contributed by atoms with Crippen LogP contribution in [0.5, 0.6) is 11.5 Å². The van der Waals surface area contributed by atoms with E-state index in [-0.39, 0.29) is 11.6 Å². The van der Waals surface area contributed by atoms with Gasteiger partial charge in [-0.1, -0.05) is 5.16 Å². The molecule has 0 fully saturated rings. The molecular formula is C12H14N2O3. The Balaban J connectivity index is 2.64. The van der Waals surface area contributed by atoms with E-state index in [2.05, 4.69) is 5.16 Å². The van der Waals surface area contributed by atoms with E-state index in [0.717, 1.165) is 16.7 Å². The Morgan fingerprint density at radius 2 is 2.00 bits per heavy atom. The third kappa shape index (κ3) is 1.80. The Morgan fingerprint density at radius 1 is 1.29 bits per heavy atom. The lowest BCUT2D eigenvalue weighted by molar-refractivity contribution is 0.370. The minimum absolute atomic E-state index is 0.0761. The molecule has 5 heteroatoms. The van der Waals surface area contributed by atoms with Crippen molar-refractivity contribution in [2.45, 2.75) is 13.8 Å². The van der Waals surface area contributed by atoms with Crippen molar-refractivity contribution in [2.75, 3.05) is 12.8 Å². The number of nitrogen functional groups attached to an aromatic ring is 1. The summed E-state index contributed by atoms with van der Waals surface area (Å²) in [5, 5.41) is 13.7. The quantitative estimate of drug-likeness (QED) is 0.832. The average molecular weight is 234 g/mol. The Morgan fingerprint density at radius 3 is 2.53 bits per heavy atom. The van der Waals surface area contributed by atoms with Gasteiger partial charge in [0.25, 0.3) is 0 Å². The van der Waals surface area contributed by atoms with E-state index in [1.165, 1.54) is 7.11 Å². The summed E-state index contributed by atoms with van der Waals surface area (Å²) in [6.45, 7) is 3.80. The highest BCUT2D eigenvalue weighted by Crippen LogP contribution is 2.38. The summed E-state index contributed by atoms with van der Waals surface area (Å²) in [4.78, 5) is 0. The summed E-state index contributed by atoms with van der Waals surface area (Å²) in [5.41, 5.74) is 8.69. The van der Waals surface area contributed by atoms with E-state index in [9.17, 15) is 5.11 Å². The van der Waals surface area contributed by atoms with Gasteiger partial charge in [-0.3, -0.25) is 0 Å². The number of benzene rings is 1. The van der Waals surface area contributed by atoms with E-state index in [4.69, 9.17) is 15.0 Å². The van der Waals surface area contributed by atoms with Crippen molar-refractivity contribution < 1.29 is 14.4 Å². The highest BCUT2D eigenvalue weighted by Gasteiger charge is 2.15. The Hall–Kier alpha value is -2.17. The summed E-state index contributed by atoms with van der Waals surface area (Å²) in [6, 6.07) is 3.21. The summed E-state index contributed by atoms with van der Waals surface area (Å²) in [6.07, 6.45) is 0. The van der Waals surface area contributed by atoms with Crippen LogP contribution in [-0.4, -0.2) is 17.4 Å². The van der Waals surface area contributed by atoms with E-state index < -0.39 is 0 Å². The average Bonchev–Trinajstić information content (AvgIpc) is 2.71. The van der Waals surface area contributed by atoms with Crippen LogP contribution >= 0.6 is 0 Å². The number of aromatic nitrogens is 1.